The first-order valence-corrected chi connectivity index (χ1v) is 14.4. The van der Waals surface area contributed by atoms with Gasteiger partial charge in [-0.3, -0.25) is 0 Å². The predicted octanol–water partition coefficient (Wildman–Crippen LogP) is 2.74. The lowest BCUT2D eigenvalue weighted by atomic mass is 10.4. The third-order valence-corrected chi connectivity index (χ3v) is 11.2. The summed E-state index contributed by atoms with van der Waals surface area (Å²) in [7, 11) is -3.51. The minimum absolute atomic E-state index is 0.0677. The Morgan fingerprint density at radius 3 is 2.09 bits per heavy atom. The van der Waals surface area contributed by atoms with Gasteiger partial charge >= 0.3 is 0 Å². The molecule has 6 heteroatoms. The molecule has 1 rings (SSSR count). The van der Waals surface area contributed by atoms with Gasteiger partial charge in [-0.05, 0) is 43.8 Å². The van der Waals surface area contributed by atoms with Crippen molar-refractivity contribution < 1.29 is 18.7 Å². The van der Waals surface area contributed by atoms with Crippen molar-refractivity contribution in [2.75, 3.05) is 33.0 Å². The largest absolute Gasteiger partial charge is 0.452 e. The normalized spacial score (nSPS) is 12.6. The van der Waals surface area contributed by atoms with Gasteiger partial charge in [0.1, 0.15) is 0 Å². The van der Waals surface area contributed by atoms with Gasteiger partial charge in [0.25, 0.3) is 0 Å². The van der Waals surface area contributed by atoms with Crippen LogP contribution in [0.4, 0.5) is 0 Å². The first-order chi connectivity index (χ1) is 10.9. The van der Waals surface area contributed by atoms with Crippen LogP contribution in [0, 0.1) is 0 Å². The second kappa shape index (κ2) is 10.4. The van der Waals surface area contributed by atoms with Gasteiger partial charge in [-0.2, -0.15) is 0 Å². The zero-order chi connectivity index (χ0) is 17.2. The molecule has 4 nitrogen and oxygen atoms in total. The van der Waals surface area contributed by atoms with Gasteiger partial charge in [-0.1, -0.05) is 30.3 Å². The first kappa shape index (κ1) is 20.5. The van der Waals surface area contributed by atoms with Crippen molar-refractivity contribution >= 4 is 21.8 Å². The van der Waals surface area contributed by atoms with Gasteiger partial charge in [-0.25, -0.2) is 0 Å². The van der Waals surface area contributed by atoms with E-state index in [0.717, 1.165) is 19.1 Å². The fourth-order valence-corrected chi connectivity index (χ4v) is 11.0. The van der Waals surface area contributed by atoms with Gasteiger partial charge in [0.2, 0.25) is 8.32 Å². The molecule has 0 aliphatic heterocycles. The lowest BCUT2D eigenvalue weighted by Crippen LogP contribution is -2.52. The Morgan fingerprint density at radius 2 is 1.48 bits per heavy atom. The SMILES string of the molecule is C[Si](C)(CCCOCCOCCO)O[Si](C)(C)c1ccccc1. The highest BCUT2D eigenvalue weighted by atomic mass is 28.4. The molecule has 0 aliphatic rings. The molecule has 0 heterocycles. The Hall–Kier alpha value is -0.506. The predicted molar refractivity (Wildman–Crippen MR) is 100 cm³/mol. The minimum atomic E-state index is -1.83. The Kier molecular flexibility index (Phi) is 9.27. The van der Waals surface area contributed by atoms with Crippen LogP contribution in [0.15, 0.2) is 30.3 Å². The van der Waals surface area contributed by atoms with E-state index in [1.54, 1.807) is 0 Å². The van der Waals surface area contributed by atoms with E-state index in [-0.39, 0.29) is 6.61 Å². The van der Waals surface area contributed by atoms with E-state index in [1.807, 2.05) is 0 Å². The van der Waals surface area contributed by atoms with E-state index in [9.17, 15) is 0 Å². The highest BCUT2D eigenvalue weighted by molar-refractivity contribution is 6.92. The highest BCUT2D eigenvalue weighted by Gasteiger charge is 2.33. The minimum Gasteiger partial charge on any atom is -0.452 e. The second-order valence-corrected chi connectivity index (χ2v) is 15.2. The smallest absolute Gasteiger partial charge is 0.205 e. The molecular weight excluding hydrogens is 324 g/mol. The summed E-state index contributed by atoms with van der Waals surface area (Å²) in [6, 6.07) is 11.7. The summed E-state index contributed by atoms with van der Waals surface area (Å²) in [4.78, 5) is 0. The monoisotopic (exact) mass is 356 g/mol. The molecule has 0 radical (unpaired) electrons. The average molecular weight is 357 g/mol. The molecule has 0 saturated heterocycles. The summed E-state index contributed by atoms with van der Waals surface area (Å²) in [6.45, 7) is 11.5. The van der Waals surface area contributed by atoms with E-state index in [1.165, 1.54) is 5.19 Å². The number of aliphatic hydroxyl groups excluding tert-OH is 1. The molecule has 1 aromatic rings. The third kappa shape index (κ3) is 8.78. The molecule has 0 aromatic heterocycles. The standard InChI is InChI=1S/C17H32O4Si2/c1-22(2,16-8-12-19-14-15-20-13-11-18)21-23(3,4)17-9-6-5-7-10-17/h5-7,9-10,18H,8,11-16H2,1-4H3. The molecule has 1 N–H and O–H groups in total. The molecular formula is C17H32O4Si2. The molecule has 0 unspecified atom stereocenters. The van der Waals surface area contributed by atoms with Crippen LogP contribution in [0.3, 0.4) is 0 Å². The van der Waals surface area contributed by atoms with Gasteiger partial charge in [0, 0.05) is 6.61 Å². The molecule has 0 saturated carbocycles. The number of hydrogen-bond donors (Lipinski definition) is 1. The van der Waals surface area contributed by atoms with Crippen molar-refractivity contribution in [3.05, 3.63) is 30.3 Å². The van der Waals surface area contributed by atoms with Crippen molar-refractivity contribution in [1.29, 1.82) is 0 Å². The maximum atomic E-state index is 8.60. The second-order valence-electron chi connectivity index (χ2n) is 6.79. The topological polar surface area (TPSA) is 47.9 Å². The zero-order valence-electron chi connectivity index (χ0n) is 15.0. The summed E-state index contributed by atoms with van der Waals surface area (Å²) in [5.41, 5.74) is 0. The van der Waals surface area contributed by atoms with E-state index >= 15 is 0 Å². The van der Waals surface area contributed by atoms with Crippen LogP contribution in [0.2, 0.25) is 32.2 Å². The summed E-state index contributed by atoms with van der Waals surface area (Å²) < 4.78 is 17.4. The summed E-state index contributed by atoms with van der Waals surface area (Å²) in [5.74, 6) is 0. The molecule has 0 fully saturated rings. The van der Waals surface area contributed by atoms with Gasteiger partial charge in [0.05, 0.1) is 26.4 Å². The highest BCUT2D eigenvalue weighted by Crippen LogP contribution is 2.20. The van der Waals surface area contributed by atoms with Crippen LogP contribution < -0.4 is 5.19 Å². The van der Waals surface area contributed by atoms with Crippen LogP contribution in [0.5, 0.6) is 0 Å². The number of hydrogen-bond acceptors (Lipinski definition) is 4. The van der Waals surface area contributed by atoms with Crippen molar-refractivity contribution in [3.63, 3.8) is 0 Å². The van der Waals surface area contributed by atoms with E-state index < -0.39 is 16.6 Å². The van der Waals surface area contributed by atoms with E-state index in [2.05, 4.69) is 56.5 Å². The van der Waals surface area contributed by atoms with Crippen molar-refractivity contribution in [1.82, 2.24) is 0 Å². The molecule has 23 heavy (non-hydrogen) atoms. The van der Waals surface area contributed by atoms with E-state index in [4.69, 9.17) is 18.7 Å². The van der Waals surface area contributed by atoms with Crippen molar-refractivity contribution in [2.45, 2.75) is 38.7 Å². The summed E-state index contributed by atoms with van der Waals surface area (Å²) >= 11 is 0. The van der Waals surface area contributed by atoms with Gasteiger partial charge in [-0.15, -0.1) is 0 Å². The van der Waals surface area contributed by atoms with Crippen LogP contribution in [0.1, 0.15) is 6.42 Å². The molecule has 1 aromatic carbocycles. The zero-order valence-corrected chi connectivity index (χ0v) is 17.0. The number of ether oxygens (including phenoxy) is 2. The van der Waals surface area contributed by atoms with E-state index in [0.29, 0.717) is 19.8 Å². The van der Waals surface area contributed by atoms with Gasteiger partial charge in [0.15, 0.2) is 8.32 Å². The molecule has 132 valence electrons. The quantitative estimate of drug-likeness (QED) is 0.462. The Bertz CT molecular complexity index is 424. The number of aliphatic hydroxyl groups is 1. The Morgan fingerprint density at radius 1 is 0.870 bits per heavy atom. The molecule has 0 spiro atoms. The first-order valence-electron chi connectivity index (χ1n) is 8.39. The van der Waals surface area contributed by atoms with Crippen LogP contribution in [-0.2, 0) is 13.6 Å². The molecule has 0 atom stereocenters. The third-order valence-electron chi connectivity index (χ3n) is 3.68. The van der Waals surface area contributed by atoms with Crippen molar-refractivity contribution in [3.8, 4) is 0 Å². The number of benzene rings is 1. The number of rotatable bonds is 12. The Balaban J connectivity index is 2.27. The Labute approximate surface area is 143 Å². The molecule has 0 amide bonds. The molecule has 0 aliphatic carbocycles. The lowest BCUT2D eigenvalue weighted by molar-refractivity contribution is 0.0332. The maximum absolute atomic E-state index is 8.60. The maximum Gasteiger partial charge on any atom is 0.205 e. The fourth-order valence-electron chi connectivity index (χ4n) is 2.63. The molecule has 0 bridgehead atoms. The van der Waals surface area contributed by atoms with Crippen molar-refractivity contribution in [2.24, 2.45) is 0 Å². The van der Waals surface area contributed by atoms with Crippen LogP contribution in [0.25, 0.3) is 0 Å². The summed E-state index contributed by atoms with van der Waals surface area (Å²) in [6.07, 6.45) is 1.03. The van der Waals surface area contributed by atoms with Crippen LogP contribution >= 0.6 is 0 Å². The average Bonchev–Trinajstić information content (AvgIpc) is 2.50. The van der Waals surface area contributed by atoms with Gasteiger partial charge < -0.3 is 18.7 Å². The fraction of sp³-hybridized carbons (Fsp3) is 0.647. The summed E-state index contributed by atoms with van der Waals surface area (Å²) in [5, 5.41) is 9.96. The van der Waals surface area contributed by atoms with Crippen LogP contribution in [-0.4, -0.2) is 54.8 Å². The lowest BCUT2D eigenvalue weighted by Gasteiger charge is -2.34.